The van der Waals surface area contributed by atoms with Gasteiger partial charge in [-0.05, 0) is 25.1 Å². The van der Waals surface area contributed by atoms with Gasteiger partial charge >= 0.3 is 6.18 Å². The van der Waals surface area contributed by atoms with Crippen LogP contribution in [-0.2, 0) is 6.18 Å². The number of benzene rings is 1. The maximum atomic E-state index is 12.5. The Bertz CT molecular complexity index is 453. The third-order valence-electron chi connectivity index (χ3n) is 2.18. The first-order valence-electron chi connectivity index (χ1n) is 4.81. The van der Waals surface area contributed by atoms with E-state index in [0.29, 0.717) is 12.1 Å². The first-order chi connectivity index (χ1) is 8.12. The van der Waals surface area contributed by atoms with Gasteiger partial charge in [-0.2, -0.15) is 13.2 Å². The zero-order chi connectivity index (χ0) is 14.1. The molecule has 1 rings (SSSR count). The van der Waals surface area contributed by atoms with Crippen molar-refractivity contribution < 1.29 is 26.7 Å². The Morgan fingerprint density at radius 2 is 1.78 bits per heavy atom. The van der Waals surface area contributed by atoms with Gasteiger partial charge in [0.1, 0.15) is 0 Å². The van der Waals surface area contributed by atoms with Gasteiger partial charge in [0.2, 0.25) is 0 Å². The summed E-state index contributed by atoms with van der Waals surface area (Å²) in [5, 5.41) is 0. The summed E-state index contributed by atoms with van der Waals surface area (Å²) in [7, 11) is 0. The van der Waals surface area contributed by atoms with Crippen LogP contribution in [0, 0.1) is 0 Å². The Balaban J connectivity index is 3.36. The predicted molar refractivity (Wildman–Crippen MR) is 59.1 cm³/mol. The highest BCUT2D eigenvalue weighted by Gasteiger charge is 2.32. The molecule has 0 fully saturated rings. The molecule has 0 aromatic heterocycles. The van der Waals surface area contributed by atoms with Gasteiger partial charge in [-0.1, -0.05) is 15.9 Å². The summed E-state index contributed by atoms with van der Waals surface area (Å²) in [6.45, 7) is 1.41. The third-order valence-corrected chi connectivity index (χ3v) is 2.60. The summed E-state index contributed by atoms with van der Waals surface area (Å²) in [6.07, 6.45) is -7.83. The average molecular weight is 331 g/mol. The highest BCUT2D eigenvalue weighted by atomic mass is 79.9. The first-order valence-corrected chi connectivity index (χ1v) is 5.73. The number of rotatable bonds is 3. The first kappa shape index (κ1) is 15.1. The Hall–Kier alpha value is -0.980. The lowest BCUT2D eigenvalue weighted by molar-refractivity contribution is -0.137. The van der Waals surface area contributed by atoms with Crippen LogP contribution in [0.1, 0.15) is 34.8 Å². The van der Waals surface area contributed by atoms with E-state index in [0.717, 1.165) is 6.07 Å². The Kier molecular flexibility index (Phi) is 4.47. The topological polar surface area (TPSA) is 17.1 Å². The molecule has 7 heteroatoms. The van der Waals surface area contributed by atoms with E-state index in [1.807, 2.05) is 0 Å². The van der Waals surface area contributed by atoms with Crippen molar-refractivity contribution in [2.24, 2.45) is 0 Å². The second-order valence-corrected chi connectivity index (χ2v) is 5.00. The smallest absolute Gasteiger partial charge is 0.293 e. The van der Waals surface area contributed by atoms with Gasteiger partial charge in [-0.15, -0.1) is 0 Å². The SMILES string of the molecule is CC(Br)C(=O)c1cc(C(F)F)cc(C(F)(F)F)c1. The molecule has 18 heavy (non-hydrogen) atoms. The van der Waals surface area contributed by atoms with Crippen LogP contribution in [-0.4, -0.2) is 10.6 Å². The normalized spacial score (nSPS) is 13.8. The summed E-state index contributed by atoms with van der Waals surface area (Å²) < 4.78 is 62.5. The summed E-state index contributed by atoms with van der Waals surface area (Å²) in [4.78, 5) is 10.8. The van der Waals surface area contributed by atoms with E-state index in [4.69, 9.17) is 0 Å². The Morgan fingerprint density at radius 3 is 2.17 bits per heavy atom. The fraction of sp³-hybridized carbons (Fsp3) is 0.364. The molecule has 0 heterocycles. The molecule has 0 saturated carbocycles. The van der Waals surface area contributed by atoms with Crippen LogP contribution >= 0.6 is 15.9 Å². The predicted octanol–water partition coefficient (Wildman–Crippen LogP) is 4.61. The molecule has 0 radical (unpaired) electrons. The standard InChI is InChI=1S/C11H8BrF5O/c1-5(12)9(18)6-2-7(10(13)14)4-8(3-6)11(15,16)17/h2-5,10H,1H3. The van der Waals surface area contributed by atoms with E-state index in [-0.39, 0.29) is 5.56 Å². The van der Waals surface area contributed by atoms with Crippen molar-refractivity contribution in [2.75, 3.05) is 0 Å². The van der Waals surface area contributed by atoms with Crippen molar-refractivity contribution in [3.8, 4) is 0 Å². The Morgan fingerprint density at radius 1 is 1.22 bits per heavy atom. The van der Waals surface area contributed by atoms with Crippen LogP contribution in [0.5, 0.6) is 0 Å². The number of carbonyl (C=O) groups excluding carboxylic acids is 1. The van der Waals surface area contributed by atoms with Gasteiger partial charge in [-0.3, -0.25) is 4.79 Å². The largest absolute Gasteiger partial charge is 0.416 e. The highest BCUT2D eigenvalue weighted by Crippen LogP contribution is 2.33. The molecule has 1 nitrogen and oxygen atoms in total. The lowest BCUT2D eigenvalue weighted by Crippen LogP contribution is -2.13. The molecule has 0 aliphatic rings. The number of alkyl halides is 6. The minimum Gasteiger partial charge on any atom is -0.293 e. The second-order valence-electron chi connectivity index (χ2n) is 3.62. The number of hydrogen-bond acceptors (Lipinski definition) is 1. The quantitative estimate of drug-likeness (QED) is 0.449. The summed E-state index contributed by atoms with van der Waals surface area (Å²) in [6, 6.07) is 1.70. The molecule has 0 spiro atoms. The number of carbonyl (C=O) groups is 1. The van der Waals surface area contributed by atoms with Gasteiger partial charge < -0.3 is 0 Å². The maximum absolute atomic E-state index is 12.5. The molecule has 0 bridgehead atoms. The van der Waals surface area contributed by atoms with E-state index in [1.54, 1.807) is 0 Å². The molecule has 1 aromatic rings. The molecule has 1 unspecified atom stereocenters. The van der Waals surface area contributed by atoms with Crippen LogP contribution in [0.3, 0.4) is 0 Å². The fourth-order valence-corrected chi connectivity index (χ4v) is 1.58. The van der Waals surface area contributed by atoms with E-state index < -0.39 is 34.3 Å². The number of hydrogen-bond donors (Lipinski definition) is 0. The third kappa shape index (κ3) is 3.51. The number of halogens is 6. The molecule has 0 aliphatic carbocycles. The number of Topliss-reactive ketones (excluding diaryl/α,β-unsaturated/α-hetero) is 1. The second kappa shape index (κ2) is 5.34. The molecule has 0 amide bonds. The summed E-state index contributed by atoms with van der Waals surface area (Å²) in [5.74, 6) is -0.678. The minimum absolute atomic E-state index is 0.348. The molecule has 0 aliphatic heterocycles. The van der Waals surface area contributed by atoms with Gasteiger partial charge in [0, 0.05) is 11.1 Å². The van der Waals surface area contributed by atoms with Crippen LogP contribution in [0.25, 0.3) is 0 Å². The van der Waals surface area contributed by atoms with Crippen LogP contribution in [0.2, 0.25) is 0 Å². The van der Waals surface area contributed by atoms with E-state index in [1.165, 1.54) is 6.92 Å². The zero-order valence-corrected chi connectivity index (χ0v) is 10.6. The Labute approximate surface area is 108 Å². The van der Waals surface area contributed by atoms with E-state index >= 15 is 0 Å². The van der Waals surface area contributed by atoms with Gasteiger partial charge in [0.15, 0.2) is 5.78 Å². The molecule has 0 N–H and O–H groups in total. The van der Waals surface area contributed by atoms with Crippen molar-refractivity contribution in [3.05, 3.63) is 34.9 Å². The fourth-order valence-electron chi connectivity index (χ4n) is 1.31. The van der Waals surface area contributed by atoms with Crippen molar-refractivity contribution in [3.63, 3.8) is 0 Å². The molecule has 1 atom stereocenters. The average Bonchev–Trinajstić information content (AvgIpc) is 2.26. The number of ketones is 1. The van der Waals surface area contributed by atoms with Gasteiger partial charge in [0.05, 0.1) is 10.4 Å². The molecule has 0 saturated heterocycles. The monoisotopic (exact) mass is 330 g/mol. The lowest BCUT2D eigenvalue weighted by atomic mass is 10.0. The van der Waals surface area contributed by atoms with Crippen molar-refractivity contribution in [1.29, 1.82) is 0 Å². The van der Waals surface area contributed by atoms with Crippen molar-refractivity contribution in [1.82, 2.24) is 0 Å². The van der Waals surface area contributed by atoms with Crippen LogP contribution < -0.4 is 0 Å². The van der Waals surface area contributed by atoms with Crippen LogP contribution in [0.15, 0.2) is 18.2 Å². The van der Waals surface area contributed by atoms with Crippen LogP contribution in [0.4, 0.5) is 22.0 Å². The maximum Gasteiger partial charge on any atom is 0.416 e. The lowest BCUT2D eigenvalue weighted by Gasteiger charge is -2.12. The molecule has 1 aromatic carbocycles. The highest BCUT2D eigenvalue weighted by molar-refractivity contribution is 9.10. The van der Waals surface area contributed by atoms with E-state index in [9.17, 15) is 26.7 Å². The van der Waals surface area contributed by atoms with Gasteiger partial charge in [-0.25, -0.2) is 8.78 Å². The van der Waals surface area contributed by atoms with E-state index in [2.05, 4.69) is 15.9 Å². The van der Waals surface area contributed by atoms with Gasteiger partial charge in [0.25, 0.3) is 6.43 Å². The minimum atomic E-state index is -4.77. The molecular formula is C11H8BrF5O. The zero-order valence-electron chi connectivity index (χ0n) is 9.06. The van der Waals surface area contributed by atoms with Crippen molar-refractivity contribution >= 4 is 21.7 Å². The summed E-state index contributed by atoms with van der Waals surface area (Å²) in [5.41, 5.74) is -2.46. The van der Waals surface area contributed by atoms with Crippen molar-refractivity contribution in [2.45, 2.75) is 24.4 Å². The molecular weight excluding hydrogens is 323 g/mol. The summed E-state index contributed by atoms with van der Waals surface area (Å²) >= 11 is 2.89. The molecule has 100 valence electrons.